The van der Waals surface area contributed by atoms with Gasteiger partial charge in [-0.25, -0.2) is 0 Å². The largest absolute Gasteiger partial charge is 0.264 e. The van der Waals surface area contributed by atoms with Crippen molar-refractivity contribution in [3.05, 3.63) is 84.1 Å². The van der Waals surface area contributed by atoms with Crippen molar-refractivity contribution < 1.29 is 0 Å². The zero-order valence-corrected chi connectivity index (χ0v) is 13.2. The van der Waals surface area contributed by atoms with E-state index in [9.17, 15) is 0 Å². The molecule has 1 rings (SSSR count). The Hall–Kier alpha value is -2.41. The maximum Gasteiger partial charge on any atom is 0.0697 e. The Kier molecular flexibility index (Phi) is 5.86. The van der Waals surface area contributed by atoms with E-state index in [0.717, 1.165) is 39.1 Å². The molecule has 1 heteroatoms. The maximum atomic E-state index is 4.17. The van der Waals surface area contributed by atoms with Crippen molar-refractivity contribution in [2.24, 2.45) is 4.99 Å². The van der Waals surface area contributed by atoms with Gasteiger partial charge in [0.15, 0.2) is 0 Å². The molecule has 21 heavy (non-hydrogen) atoms. The van der Waals surface area contributed by atoms with E-state index in [1.54, 1.807) is 0 Å². The molecule has 0 amide bonds. The van der Waals surface area contributed by atoms with Crippen LogP contribution in [0.2, 0.25) is 0 Å². The number of allylic oxidation sites excluding steroid dienone is 6. The van der Waals surface area contributed by atoms with E-state index in [-0.39, 0.29) is 0 Å². The van der Waals surface area contributed by atoms with E-state index in [2.05, 4.69) is 56.6 Å². The first-order valence-corrected chi connectivity index (χ1v) is 6.87. The molecule has 0 atom stereocenters. The van der Waals surface area contributed by atoms with Crippen LogP contribution in [0.1, 0.15) is 30.5 Å². The van der Waals surface area contributed by atoms with Gasteiger partial charge in [0, 0.05) is 5.57 Å². The Morgan fingerprint density at radius 3 is 2.38 bits per heavy atom. The number of hydrogen-bond donors (Lipinski definition) is 0. The third kappa shape index (κ3) is 4.28. The highest BCUT2D eigenvalue weighted by molar-refractivity contribution is 5.83. The zero-order chi connectivity index (χ0) is 16.0. The topological polar surface area (TPSA) is 12.4 Å². The van der Waals surface area contributed by atoms with Crippen LogP contribution in [0.25, 0.3) is 11.1 Å². The standard InChI is InChI=1S/C20H23N/c1-8-9-15(4)18-11-10-16(5)19(13-18)17(6)20(21-7)12-14(2)3/h8-13H,2,4,6-7H2,1,3,5H3/b9-8-,20-12-. The number of aryl methyl sites for hydroxylation is 1. The SMILES string of the molecule is C=N/C(=C\C(=C)C)C(=C)c1cc(C(=C)/C=C\C)ccc1C. The fraction of sp³-hybridized carbons (Fsp3) is 0.150. The van der Waals surface area contributed by atoms with Gasteiger partial charge in [-0.05, 0) is 61.9 Å². The zero-order valence-electron chi connectivity index (χ0n) is 13.2. The predicted molar refractivity (Wildman–Crippen MR) is 96.5 cm³/mol. The Labute approximate surface area is 128 Å². The van der Waals surface area contributed by atoms with Gasteiger partial charge in [0.05, 0.1) is 5.70 Å². The fourth-order valence-electron chi connectivity index (χ4n) is 2.04. The molecule has 0 spiro atoms. The Balaban J connectivity index is 3.32. The number of benzene rings is 1. The van der Waals surface area contributed by atoms with Gasteiger partial charge in [0.25, 0.3) is 0 Å². The molecule has 0 aliphatic carbocycles. The van der Waals surface area contributed by atoms with Crippen molar-refractivity contribution in [3.63, 3.8) is 0 Å². The summed E-state index contributed by atoms with van der Waals surface area (Å²) in [7, 11) is 0. The van der Waals surface area contributed by atoms with Crippen LogP contribution in [-0.4, -0.2) is 6.72 Å². The van der Waals surface area contributed by atoms with Gasteiger partial charge in [-0.2, -0.15) is 0 Å². The number of aliphatic imine (C=N–C) groups is 1. The van der Waals surface area contributed by atoms with Crippen LogP contribution >= 0.6 is 0 Å². The molecule has 0 aromatic heterocycles. The molecule has 0 aliphatic heterocycles. The molecule has 1 aromatic carbocycles. The van der Waals surface area contributed by atoms with E-state index < -0.39 is 0 Å². The van der Waals surface area contributed by atoms with Crippen LogP contribution in [-0.2, 0) is 0 Å². The van der Waals surface area contributed by atoms with E-state index >= 15 is 0 Å². The minimum Gasteiger partial charge on any atom is -0.264 e. The first-order chi connectivity index (χ1) is 9.90. The summed E-state index contributed by atoms with van der Waals surface area (Å²) in [6, 6.07) is 6.24. The van der Waals surface area contributed by atoms with Gasteiger partial charge in [-0.3, -0.25) is 4.99 Å². The number of rotatable bonds is 6. The predicted octanol–water partition coefficient (Wildman–Crippen LogP) is 5.76. The third-order valence-electron chi connectivity index (χ3n) is 3.16. The van der Waals surface area contributed by atoms with Gasteiger partial charge >= 0.3 is 0 Å². The molecule has 1 nitrogen and oxygen atoms in total. The highest BCUT2D eigenvalue weighted by atomic mass is 14.7. The fourth-order valence-corrected chi connectivity index (χ4v) is 2.04. The first-order valence-electron chi connectivity index (χ1n) is 6.87. The van der Waals surface area contributed by atoms with Crippen LogP contribution in [0, 0.1) is 6.92 Å². The van der Waals surface area contributed by atoms with Crippen molar-refractivity contribution in [3.8, 4) is 0 Å². The molecule has 0 saturated heterocycles. The molecule has 108 valence electrons. The van der Waals surface area contributed by atoms with Gasteiger partial charge in [-0.1, -0.05) is 49.6 Å². The summed E-state index contributed by atoms with van der Waals surface area (Å²) in [6.45, 7) is 21.7. The van der Waals surface area contributed by atoms with Crippen LogP contribution in [0.3, 0.4) is 0 Å². The smallest absolute Gasteiger partial charge is 0.0697 e. The first kappa shape index (κ1) is 16.6. The van der Waals surface area contributed by atoms with Gasteiger partial charge in [-0.15, -0.1) is 0 Å². The molecular weight excluding hydrogens is 254 g/mol. The molecule has 1 aromatic rings. The summed E-state index contributed by atoms with van der Waals surface area (Å²) in [6.07, 6.45) is 5.87. The lowest BCUT2D eigenvalue weighted by Crippen LogP contribution is -1.93. The minimum absolute atomic E-state index is 0.749. The highest BCUT2D eigenvalue weighted by Gasteiger charge is 2.09. The third-order valence-corrected chi connectivity index (χ3v) is 3.16. The van der Waals surface area contributed by atoms with Crippen LogP contribution < -0.4 is 0 Å². The molecule has 0 bridgehead atoms. The van der Waals surface area contributed by atoms with Gasteiger partial charge in [0.2, 0.25) is 0 Å². The van der Waals surface area contributed by atoms with Crippen molar-refractivity contribution in [2.75, 3.05) is 0 Å². The molecule has 0 unspecified atom stereocenters. The van der Waals surface area contributed by atoms with Crippen LogP contribution in [0.4, 0.5) is 0 Å². The van der Waals surface area contributed by atoms with E-state index in [4.69, 9.17) is 0 Å². The molecule has 0 heterocycles. The normalized spacial score (nSPS) is 11.5. The maximum absolute atomic E-state index is 4.17. The summed E-state index contributed by atoms with van der Waals surface area (Å²) in [5.41, 5.74) is 6.77. The summed E-state index contributed by atoms with van der Waals surface area (Å²) in [5.74, 6) is 0. The molecule has 0 saturated carbocycles. The Bertz CT molecular complexity index is 654. The summed E-state index contributed by atoms with van der Waals surface area (Å²) < 4.78 is 0. The summed E-state index contributed by atoms with van der Waals surface area (Å²) in [5, 5.41) is 0. The molecular formula is C20H23N. The summed E-state index contributed by atoms with van der Waals surface area (Å²) in [4.78, 5) is 4.07. The van der Waals surface area contributed by atoms with Crippen molar-refractivity contribution in [1.29, 1.82) is 0 Å². The Morgan fingerprint density at radius 1 is 1.19 bits per heavy atom. The van der Waals surface area contributed by atoms with Crippen LogP contribution in [0.15, 0.2) is 72.4 Å². The van der Waals surface area contributed by atoms with E-state index in [1.807, 2.05) is 32.1 Å². The second-order valence-corrected chi connectivity index (χ2v) is 5.07. The van der Waals surface area contributed by atoms with Gasteiger partial charge in [0.1, 0.15) is 0 Å². The highest BCUT2D eigenvalue weighted by Crippen LogP contribution is 2.28. The average Bonchev–Trinajstić information content (AvgIpc) is 2.44. The van der Waals surface area contributed by atoms with Crippen molar-refractivity contribution in [2.45, 2.75) is 20.8 Å². The van der Waals surface area contributed by atoms with E-state index in [1.165, 1.54) is 0 Å². The van der Waals surface area contributed by atoms with Crippen LogP contribution in [0.5, 0.6) is 0 Å². The lowest BCUT2D eigenvalue weighted by atomic mass is 9.94. The summed E-state index contributed by atoms with van der Waals surface area (Å²) >= 11 is 0. The minimum atomic E-state index is 0.749. The van der Waals surface area contributed by atoms with Crippen molar-refractivity contribution >= 4 is 17.9 Å². The number of hydrogen-bond acceptors (Lipinski definition) is 1. The van der Waals surface area contributed by atoms with E-state index in [0.29, 0.717) is 0 Å². The lowest BCUT2D eigenvalue weighted by molar-refractivity contribution is 1.35. The Morgan fingerprint density at radius 2 is 1.86 bits per heavy atom. The average molecular weight is 277 g/mol. The molecule has 0 radical (unpaired) electrons. The van der Waals surface area contributed by atoms with Gasteiger partial charge < -0.3 is 0 Å². The lowest BCUT2D eigenvalue weighted by Gasteiger charge is -2.12. The molecule has 0 N–H and O–H groups in total. The second-order valence-electron chi connectivity index (χ2n) is 5.07. The second kappa shape index (κ2) is 7.39. The molecule has 0 fully saturated rings. The quantitative estimate of drug-likeness (QED) is 0.463. The monoisotopic (exact) mass is 277 g/mol. The molecule has 0 aliphatic rings. The van der Waals surface area contributed by atoms with Crippen molar-refractivity contribution in [1.82, 2.24) is 0 Å². The number of nitrogens with zero attached hydrogens (tertiary/aromatic N) is 1.